The SMILES string of the molecule is CCN(CC)C(=O)ONCOC. The second-order valence-corrected chi connectivity index (χ2v) is 2.12. The highest BCUT2D eigenvalue weighted by molar-refractivity contribution is 5.67. The minimum absolute atomic E-state index is 0.201. The van der Waals surface area contributed by atoms with Crippen molar-refractivity contribution in [3.63, 3.8) is 0 Å². The number of carbonyl (C=O) groups excluding carboxylic acids is 1. The zero-order valence-electron chi connectivity index (χ0n) is 7.79. The van der Waals surface area contributed by atoms with E-state index in [4.69, 9.17) is 0 Å². The van der Waals surface area contributed by atoms with E-state index < -0.39 is 0 Å². The predicted molar refractivity (Wildman–Crippen MR) is 44.4 cm³/mol. The summed E-state index contributed by atoms with van der Waals surface area (Å²) >= 11 is 0. The predicted octanol–water partition coefficient (Wildman–Crippen LogP) is 0.573. The number of hydrogen-bond donors (Lipinski definition) is 1. The summed E-state index contributed by atoms with van der Waals surface area (Å²) in [4.78, 5) is 17.3. The van der Waals surface area contributed by atoms with Crippen LogP contribution in [0.3, 0.4) is 0 Å². The van der Waals surface area contributed by atoms with E-state index in [1.807, 2.05) is 13.8 Å². The number of nitrogens with one attached hydrogen (secondary N) is 1. The molecule has 0 aliphatic heterocycles. The van der Waals surface area contributed by atoms with Crippen molar-refractivity contribution in [1.82, 2.24) is 10.4 Å². The zero-order chi connectivity index (χ0) is 9.40. The van der Waals surface area contributed by atoms with Crippen molar-refractivity contribution in [2.24, 2.45) is 0 Å². The Morgan fingerprint density at radius 1 is 1.42 bits per heavy atom. The van der Waals surface area contributed by atoms with Crippen LogP contribution in [0.1, 0.15) is 13.8 Å². The van der Waals surface area contributed by atoms with Crippen LogP contribution in [0.15, 0.2) is 0 Å². The van der Waals surface area contributed by atoms with E-state index >= 15 is 0 Å². The number of carbonyl (C=O) groups is 1. The summed E-state index contributed by atoms with van der Waals surface area (Å²) in [7, 11) is 1.51. The Morgan fingerprint density at radius 3 is 2.42 bits per heavy atom. The van der Waals surface area contributed by atoms with E-state index in [9.17, 15) is 4.79 Å². The highest BCUT2D eigenvalue weighted by atomic mass is 16.7. The number of hydroxylamine groups is 1. The van der Waals surface area contributed by atoms with Crippen molar-refractivity contribution >= 4 is 6.09 Å². The number of nitrogens with zero attached hydrogens (tertiary/aromatic N) is 1. The summed E-state index contributed by atoms with van der Waals surface area (Å²) < 4.78 is 4.63. The molecule has 5 nitrogen and oxygen atoms in total. The summed E-state index contributed by atoms with van der Waals surface area (Å²) in [5, 5.41) is 0. The molecule has 0 saturated carbocycles. The number of amides is 1. The fourth-order valence-electron chi connectivity index (χ4n) is 0.696. The molecule has 0 spiro atoms. The smallest absolute Gasteiger partial charge is 0.366 e. The molecule has 0 rings (SSSR count). The van der Waals surface area contributed by atoms with Gasteiger partial charge < -0.3 is 14.5 Å². The summed E-state index contributed by atoms with van der Waals surface area (Å²) in [6.07, 6.45) is -0.378. The van der Waals surface area contributed by atoms with Crippen LogP contribution in [0.2, 0.25) is 0 Å². The number of ether oxygens (including phenoxy) is 1. The fourth-order valence-corrected chi connectivity index (χ4v) is 0.696. The average molecular weight is 176 g/mol. The molecule has 0 saturated heterocycles. The van der Waals surface area contributed by atoms with E-state index in [2.05, 4.69) is 15.1 Å². The van der Waals surface area contributed by atoms with Crippen molar-refractivity contribution < 1.29 is 14.4 Å². The number of hydrogen-bond acceptors (Lipinski definition) is 4. The van der Waals surface area contributed by atoms with Crippen LogP contribution >= 0.6 is 0 Å². The van der Waals surface area contributed by atoms with Crippen molar-refractivity contribution in [2.75, 3.05) is 26.9 Å². The van der Waals surface area contributed by atoms with Gasteiger partial charge >= 0.3 is 6.09 Å². The summed E-state index contributed by atoms with van der Waals surface area (Å²) in [5.41, 5.74) is 2.37. The average Bonchev–Trinajstić information content (AvgIpc) is 2.07. The summed E-state index contributed by atoms with van der Waals surface area (Å²) in [5.74, 6) is 0. The third-order valence-corrected chi connectivity index (χ3v) is 1.38. The fraction of sp³-hybridized carbons (Fsp3) is 0.857. The van der Waals surface area contributed by atoms with E-state index in [-0.39, 0.29) is 12.8 Å². The molecule has 0 heterocycles. The maximum Gasteiger partial charge on any atom is 0.428 e. The molecule has 0 bridgehead atoms. The molecule has 1 N–H and O–H groups in total. The van der Waals surface area contributed by atoms with Gasteiger partial charge in [-0.1, -0.05) is 0 Å². The normalized spacial score (nSPS) is 9.58. The lowest BCUT2D eigenvalue weighted by molar-refractivity contribution is 0.00799. The molecule has 12 heavy (non-hydrogen) atoms. The van der Waals surface area contributed by atoms with E-state index in [1.54, 1.807) is 4.90 Å². The molecule has 0 atom stereocenters. The van der Waals surface area contributed by atoms with Crippen molar-refractivity contribution in [2.45, 2.75) is 13.8 Å². The second-order valence-electron chi connectivity index (χ2n) is 2.12. The molecule has 0 radical (unpaired) electrons. The molecule has 0 unspecified atom stereocenters. The van der Waals surface area contributed by atoms with E-state index in [0.717, 1.165) is 0 Å². The van der Waals surface area contributed by atoms with Crippen LogP contribution in [0.4, 0.5) is 4.79 Å². The van der Waals surface area contributed by atoms with Gasteiger partial charge in [-0.25, -0.2) is 4.79 Å². The van der Waals surface area contributed by atoms with E-state index in [0.29, 0.717) is 13.1 Å². The molecule has 72 valence electrons. The van der Waals surface area contributed by atoms with E-state index in [1.165, 1.54) is 7.11 Å². The largest absolute Gasteiger partial charge is 0.428 e. The molecule has 1 amide bonds. The van der Waals surface area contributed by atoms with Gasteiger partial charge in [0.25, 0.3) is 0 Å². The minimum atomic E-state index is -0.378. The lowest BCUT2D eigenvalue weighted by atomic mass is 10.6. The monoisotopic (exact) mass is 176 g/mol. The molecule has 5 heteroatoms. The Kier molecular flexibility index (Phi) is 6.41. The van der Waals surface area contributed by atoms with Crippen LogP contribution in [0, 0.1) is 0 Å². The highest BCUT2D eigenvalue weighted by Crippen LogP contribution is 1.90. The Labute approximate surface area is 72.6 Å². The van der Waals surface area contributed by atoms with Crippen LogP contribution in [-0.4, -0.2) is 37.9 Å². The molecular weight excluding hydrogens is 160 g/mol. The number of rotatable bonds is 5. The topological polar surface area (TPSA) is 50.8 Å². The maximum absolute atomic E-state index is 11.1. The molecular formula is C7H16N2O3. The van der Waals surface area contributed by atoms with Gasteiger partial charge in [-0.3, -0.25) is 0 Å². The minimum Gasteiger partial charge on any atom is -0.366 e. The third kappa shape index (κ3) is 4.15. The zero-order valence-corrected chi connectivity index (χ0v) is 7.79. The van der Waals surface area contributed by atoms with Crippen LogP contribution in [0.25, 0.3) is 0 Å². The quantitative estimate of drug-likeness (QED) is 0.378. The summed E-state index contributed by atoms with van der Waals surface area (Å²) in [6, 6.07) is 0. The van der Waals surface area contributed by atoms with Crippen molar-refractivity contribution in [1.29, 1.82) is 0 Å². The van der Waals surface area contributed by atoms with Crippen LogP contribution < -0.4 is 5.48 Å². The van der Waals surface area contributed by atoms with Gasteiger partial charge in [0.05, 0.1) is 0 Å². The van der Waals surface area contributed by atoms with Crippen molar-refractivity contribution in [3.05, 3.63) is 0 Å². The Balaban J connectivity index is 3.54. The highest BCUT2D eigenvalue weighted by Gasteiger charge is 2.09. The van der Waals surface area contributed by atoms with Gasteiger partial charge in [0.2, 0.25) is 0 Å². The molecule has 0 aliphatic carbocycles. The summed E-state index contributed by atoms with van der Waals surface area (Å²) in [6.45, 7) is 5.27. The first-order valence-corrected chi connectivity index (χ1v) is 3.93. The number of methoxy groups -OCH3 is 1. The lowest BCUT2D eigenvalue weighted by Gasteiger charge is -2.17. The lowest BCUT2D eigenvalue weighted by Crippen LogP contribution is -2.35. The molecule has 0 aromatic carbocycles. The first kappa shape index (κ1) is 11.2. The van der Waals surface area contributed by atoms with Gasteiger partial charge in [-0.2, -0.15) is 0 Å². The Hall–Kier alpha value is -0.810. The molecule has 0 aromatic heterocycles. The maximum atomic E-state index is 11.1. The molecule has 0 fully saturated rings. The van der Waals surface area contributed by atoms with Crippen molar-refractivity contribution in [3.8, 4) is 0 Å². The Morgan fingerprint density at radius 2 is 2.00 bits per heavy atom. The Bertz CT molecular complexity index is 126. The molecule has 0 aromatic rings. The van der Waals surface area contributed by atoms with Gasteiger partial charge in [0.15, 0.2) is 0 Å². The van der Waals surface area contributed by atoms with Gasteiger partial charge in [0.1, 0.15) is 6.73 Å². The first-order valence-electron chi connectivity index (χ1n) is 3.93. The first-order chi connectivity index (χ1) is 5.76. The second kappa shape index (κ2) is 6.87. The third-order valence-electron chi connectivity index (χ3n) is 1.38. The van der Waals surface area contributed by atoms with Gasteiger partial charge in [-0.05, 0) is 13.8 Å². The van der Waals surface area contributed by atoms with Crippen LogP contribution in [-0.2, 0) is 9.57 Å². The standard InChI is InChI=1S/C7H16N2O3/c1-4-9(5-2)7(10)12-8-6-11-3/h8H,4-6H2,1-3H3. The van der Waals surface area contributed by atoms with Crippen LogP contribution in [0.5, 0.6) is 0 Å². The van der Waals surface area contributed by atoms with Gasteiger partial charge in [-0.15, -0.1) is 5.48 Å². The molecule has 0 aliphatic rings. The van der Waals surface area contributed by atoms with Gasteiger partial charge in [0, 0.05) is 20.2 Å².